The third kappa shape index (κ3) is 4.33. The molecule has 3 heterocycles. The molecular formula is C18H32N6O11. The summed E-state index contributed by atoms with van der Waals surface area (Å²) in [6, 6.07) is -5.52. The predicted molar refractivity (Wildman–Crippen MR) is 112 cm³/mol. The molecule has 0 aromatic rings. The van der Waals surface area contributed by atoms with Gasteiger partial charge in [-0.1, -0.05) is 0 Å². The largest absolute Gasteiger partial charge is 0.385 e. The molecule has 200 valence electrons. The fourth-order valence-electron chi connectivity index (χ4n) is 4.65. The standard InChI is InChI=1S/C18H32N6O11/c1-34-7-3-5-22-14(29)20-12(27)17(22,32)11(24-10(26)9(25)19-16(24)31)18(33)13(28)21-15(30)23(18)6-4-8-35-2/h9-13,25-28,32-33H,3-8H2,1-2H3,(H,19,31)(H,20,29)(H,21,30). The van der Waals surface area contributed by atoms with Crippen LogP contribution in [0.15, 0.2) is 0 Å². The number of aliphatic hydroxyl groups is 6. The Hall–Kier alpha value is -2.51. The van der Waals surface area contributed by atoms with Crippen LogP contribution in [0.1, 0.15) is 12.8 Å². The first kappa shape index (κ1) is 27.1. The van der Waals surface area contributed by atoms with Crippen LogP contribution < -0.4 is 16.0 Å². The summed E-state index contributed by atoms with van der Waals surface area (Å²) in [7, 11) is 2.79. The Morgan fingerprint density at radius 3 is 1.57 bits per heavy atom. The first-order valence-electron chi connectivity index (χ1n) is 10.9. The number of ether oxygens (including phenoxy) is 2. The Morgan fingerprint density at radius 2 is 1.23 bits per heavy atom. The van der Waals surface area contributed by atoms with Gasteiger partial charge in [0.2, 0.25) is 11.4 Å². The number of hydrogen-bond donors (Lipinski definition) is 9. The van der Waals surface area contributed by atoms with Crippen LogP contribution >= 0.6 is 0 Å². The van der Waals surface area contributed by atoms with Crippen molar-refractivity contribution in [1.82, 2.24) is 30.7 Å². The molecule has 0 aliphatic carbocycles. The number of amides is 6. The van der Waals surface area contributed by atoms with Crippen molar-refractivity contribution in [3.8, 4) is 0 Å². The molecule has 3 aliphatic rings. The van der Waals surface area contributed by atoms with Gasteiger partial charge in [-0.25, -0.2) is 14.4 Å². The van der Waals surface area contributed by atoms with Gasteiger partial charge in [-0.05, 0) is 12.8 Å². The zero-order valence-electron chi connectivity index (χ0n) is 19.2. The molecule has 17 nitrogen and oxygen atoms in total. The molecule has 0 aromatic carbocycles. The van der Waals surface area contributed by atoms with Crippen molar-refractivity contribution in [3.63, 3.8) is 0 Å². The molecule has 9 N–H and O–H groups in total. The third-order valence-electron chi connectivity index (χ3n) is 6.30. The van der Waals surface area contributed by atoms with Crippen molar-refractivity contribution in [2.24, 2.45) is 0 Å². The van der Waals surface area contributed by atoms with E-state index in [1.54, 1.807) is 0 Å². The lowest BCUT2D eigenvalue weighted by molar-refractivity contribution is -0.276. The number of methoxy groups -OCH3 is 2. The van der Waals surface area contributed by atoms with Gasteiger partial charge in [0.15, 0.2) is 24.9 Å². The maximum Gasteiger partial charge on any atom is 0.322 e. The van der Waals surface area contributed by atoms with Crippen LogP contribution in [0.2, 0.25) is 0 Å². The maximum absolute atomic E-state index is 12.8. The molecule has 6 amide bonds. The number of urea groups is 3. The van der Waals surface area contributed by atoms with Crippen LogP contribution in [0.3, 0.4) is 0 Å². The van der Waals surface area contributed by atoms with E-state index in [2.05, 4.69) is 10.6 Å². The SMILES string of the molecule is COCCCN1C(=O)NC(O)C1(O)C(N1C(=O)NC(O)C1O)C1(O)C(O)NC(=O)N1CCCOC. The van der Waals surface area contributed by atoms with Crippen molar-refractivity contribution >= 4 is 18.1 Å². The number of nitrogens with one attached hydrogen (secondary N) is 3. The van der Waals surface area contributed by atoms with Crippen molar-refractivity contribution < 1.29 is 54.5 Å². The quantitative estimate of drug-likeness (QED) is 0.120. The van der Waals surface area contributed by atoms with Gasteiger partial charge in [0, 0.05) is 40.5 Å². The number of carbonyl (C=O) groups excluding carboxylic acids is 3. The molecule has 17 heteroatoms. The molecule has 0 aromatic heterocycles. The molecule has 3 aliphatic heterocycles. The lowest BCUT2D eigenvalue weighted by atomic mass is 9.87. The Morgan fingerprint density at radius 1 is 0.800 bits per heavy atom. The van der Waals surface area contributed by atoms with Gasteiger partial charge < -0.3 is 56.1 Å². The molecule has 6 atom stereocenters. The second kappa shape index (κ2) is 10.2. The van der Waals surface area contributed by atoms with Crippen LogP contribution in [0.4, 0.5) is 14.4 Å². The number of hydrogen-bond acceptors (Lipinski definition) is 11. The first-order valence-corrected chi connectivity index (χ1v) is 10.9. The number of aliphatic hydroxyl groups excluding tert-OH is 4. The van der Waals surface area contributed by atoms with Gasteiger partial charge in [0.25, 0.3) is 0 Å². The molecule has 35 heavy (non-hydrogen) atoms. The van der Waals surface area contributed by atoms with Gasteiger partial charge in [0.05, 0.1) is 0 Å². The second-order valence-electron chi connectivity index (χ2n) is 8.38. The van der Waals surface area contributed by atoms with Crippen LogP contribution in [0.5, 0.6) is 0 Å². The first-order chi connectivity index (χ1) is 16.5. The summed E-state index contributed by atoms with van der Waals surface area (Å²) in [6.45, 7) is -0.283. The van der Waals surface area contributed by atoms with Gasteiger partial charge >= 0.3 is 18.1 Å². The summed E-state index contributed by atoms with van der Waals surface area (Å²) in [5, 5.41) is 71.9. The van der Waals surface area contributed by atoms with Gasteiger partial charge in [-0.15, -0.1) is 0 Å². The van der Waals surface area contributed by atoms with Gasteiger partial charge in [-0.3, -0.25) is 14.7 Å². The van der Waals surface area contributed by atoms with E-state index in [9.17, 15) is 45.0 Å². The minimum atomic E-state index is -2.92. The third-order valence-corrected chi connectivity index (χ3v) is 6.30. The molecule has 0 saturated carbocycles. The Kier molecular flexibility index (Phi) is 7.92. The average molecular weight is 508 g/mol. The van der Waals surface area contributed by atoms with Crippen molar-refractivity contribution in [2.45, 2.75) is 55.2 Å². The highest BCUT2D eigenvalue weighted by molar-refractivity contribution is 5.82. The molecule has 6 unspecified atom stereocenters. The average Bonchev–Trinajstić information content (AvgIpc) is 3.26. The molecule has 3 saturated heterocycles. The van der Waals surface area contributed by atoms with Crippen molar-refractivity contribution in [2.75, 3.05) is 40.5 Å². The van der Waals surface area contributed by atoms with E-state index in [4.69, 9.17) is 9.47 Å². The molecule has 3 fully saturated rings. The highest BCUT2D eigenvalue weighted by Gasteiger charge is 2.72. The van der Waals surface area contributed by atoms with E-state index in [1.807, 2.05) is 5.32 Å². The number of carbonyl (C=O) groups is 3. The van der Waals surface area contributed by atoms with Gasteiger partial charge in [0.1, 0.15) is 6.04 Å². The summed E-state index contributed by atoms with van der Waals surface area (Å²) in [4.78, 5) is 39.8. The van der Waals surface area contributed by atoms with E-state index in [1.165, 1.54) is 14.2 Å². The molecule has 0 bridgehead atoms. The second-order valence-corrected chi connectivity index (χ2v) is 8.38. The molecular weight excluding hydrogens is 476 g/mol. The minimum Gasteiger partial charge on any atom is -0.385 e. The van der Waals surface area contributed by atoms with Crippen LogP contribution in [0, 0.1) is 0 Å². The lowest BCUT2D eigenvalue weighted by Gasteiger charge is -2.52. The van der Waals surface area contributed by atoms with Gasteiger partial charge in [-0.2, -0.15) is 0 Å². The number of nitrogens with zero attached hydrogens (tertiary/aromatic N) is 3. The molecule has 0 radical (unpaired) electrons. The van der Waals surface area contributed by atoms with E-state index < -0.39 is 60.5 Å². The van der Waals surface area contributed by atoms with Crippen molar-refractivity contribution in [3.05, 3.63) is 0 Å². The summed E-state index contributed by atoms with van der Waals surface area (Å²) in [5.74, 6) is 0. The Bertz CT molecular complexity index is 774. The normalized spacial score (nSPS) is 36.0. The molecule has 0 spiro atoms. The summed E-state index contributed by atoms with van der Waals surface area (Å²) < 4.78 is 9.90. The number of rotatable bonds is 11. The predicted octanol–water partition coefficient (Wildman–Crippen LogP) is -4.85. The van der Waals surface area contributed by atoms with Crippen LogP contribution in [-0.4, -0.2) is 146 Å². The van der Waals surface area contributed by atoms with Crippen LogP contribution in [0.25, 0.3) is 0 Å². The fraction of sp³-hybridized carbons (Fsp3) is 0.833. The summed E-state index contributed by atoms with van der Waals surface area (Å²) in [5.41, 5.74) is -5.84. The van der Waals surface area contributed by atoms with Crippen LogP contribution in [-0.2, 0) is 9.47 Å². The summed E-state index contributed by atoms with van der Waals surface area (Å²) in [6.07, 6.45) is -8.09. The minimum absolute atomic E-state index is 0.127. The fourth-order valence-corrected chi connectivity index (χ4v) is 4.65. The zero-order valence-corrected chi connectivity index (χ0v) is 19.2. The lowest BCUT2D eigenvalue weighted by Crippen LogP contribution is -2.79. The van der Waals surface area contributed by atoms with Crippen molar-refractivity contribution in [1.29, 1.82) is 0 Å². The van der Waals surface area contributed by atoms with E-state index in [0.29, 0.717) is 14.7 Å². The van der Waals surface area contributed by atoms with E-state index >= 15 is 0 Å². The maximum atomic E-state index is 12.8. The Labute approximate surface area is 199 Å². The van der Waals surface area contributed by atoms with E-state index in [-0.39, 0.29) is 39.1 Å². The zero-order chi connectivity index (χ0) is 26.1. The smallest absolute Gasteiger partial charge is 0.322 e. The molecule has 3 rings (SSSR count). The Balaban J connectivity index is 2.16. The highest BCUT2D eigenvalue weighted by atomic mass is 16.5. The monoisotopic (exact) mass is 508 g/mol. The highest BCUT2D eigenvalue weighted by Crippen LogP contribution is 2.42. The topological polar surface area (TPSA) is 237 Å². The van der Waals surface area contributed by atoms with E-state index in [0.717, 1.165) is 0 Å². The summed E-state index contributed by atoms with van der Waals surface area (Å²) >= 11 is 0.